The van der Waals surface area contributed by atoms with Gasteiger partial charge in [-0.2, -0.15) is 0 Å². The van der Waals surface area contributed by atoms with Crippen LogP contribution in [0.5, 0.6) is 0 Å². The van der Waals surface area contributed by atoms with E-state index >= 15 is 4.57 Å². The molecule has 0 N–H and O–H groups in total. The van der Waals surface area contributed by atoms with E-state index in [4.69, 9.17) is 0 Å². The molecule has 0 spiro atoms. The monoisotopic (exact) mass is 542 g/mol. The van der Waals surface area contributed by atoms with Crippen molar-refractivity contribution in [3.05, 3.63) is 159 Å². The van der Waals surface area contributed by atoms with Crippen molar-refractivity contribution < 1.29 is 4.57 Å². The summed E-state index contributed by atoms with van der Waals surface area (Å²) in [4.78, 5) is 0. The third-order valence-corrected chi connectivity index (χ3v) is 11.5. The molecule has 2 heteroatoms. The van der Waals surface area contributed by atoms with E-state index in [1.165, 1.54) is 44.5 Å². The van der Waals surface area contributed by atoms with Gasteiger partial charge in [0.15, 0.2) is 7.14 Å². The smallest absolute Gasteiger partial charge is 0.171 e. The van der Waals surface area contributed by atoms with Crippen molar-refractivity contribution in [1.29, 1.82) is 0 Å². The molecule has 5 aromatic rings. The Labute approximate surface area is 240 Å². The van der Waals surface area contributed by atoms with Crippen LogP contribution in [0.2, 0.25) is 0 Å². The van der Waals surface area contributed by atoms with Crippen LogP contribution in [-0.4, -0.2) is 0 Å². The van der Waals surface area contributed by atoms with Gasteiger partial charge in [0.25, 0.3) is 0 Å². The number of rotatable bonds is 7. The van der Waals surface area contributed by atoms with Gasteiger partial charge >= 0.3 is 0 Å². The Hall–Kier alpha value is -3.67. The van der Waals surface area contributed by atoms with E-state index in [1.807, 2.05) is 42.5 Å². The summed E-state index contributed by atoms with van der Waals surface area (Å²) in [5.41, 5.74) is 12.6. The molecule has 5 rings (SSSR count). The SMILES string of the molecule is Cc1cc(C)c(Cc2ccccc2P(=O)(c2ccccc2)c2ccccc2Cc2c(C)cc(C)cc2C)c(C)c1. The van der Waals surface area contributed by atoms with E-state index in [9.17, 15) is 0 Å². The predicted octanol–water partition coefficient (Wildman–Crippen LogP) is 8.36. The summed E-state index contributed by atoms with van der Waals surface area (Å²) in [7, 11) is -3.21. The molecule has 202 valence electrons. The summed E-state index contributed by atoms with van der Waals surface area (Å²) in [5, 5.41) is 2.75. The van der Waals surface area contributed by atoms with Gasteiger partial charge in [0.05, 0.1) is 0 Å². The molecule has 40 heavy (non-hydrogen) atoms. The van der Waals surface area contributed by atoms with Gasteiger partial charge in [0, 0.05) is 15.9 Å². The van der Waals surface area contributed by atoms with Crippen molar-refractivity contribution in [3.8, 4) is 0 Å². The van der Waals surface area contributed by atoms with Gasteiger partial charge in [0.1, 0.15) is 0 Å². The second-order valence-electron chi connectivity index (χ2n) is 11.3. The lowest BCUT2D eigenvalue weighted by Gasteiger charge is -2.26. The number of hydrogen-bond donors (Lipinski definition) is 0. The van der Waals surface area contributed by atoms with E-state index in [2.05, 4.69) is 102 Å². The Kier molecular flexibility index (Phi) is 7.97. The minimum atomic E-state index is -3.21. The largest absolute Gasteiger partial charge is 0.309 e. The third-order valence-electron chi connectivity index (χ3n) is 8.20. The van der Waals surface area contributed by atoms with Gasteiger partial charge in [0.2, 0.25) is 0 Å². The summed E-state index contributed by atoms with van der Waals surface area (Å²) in [6.45, 7) is 13.1. The quantitative estimate of drug-likeness (QED) is 0.189. The van der Waals surface area contributed by atoms with E-state index < -0.39 is 7.14 Å². The van der Waals surface area contributed by atoms with Crippen LogP contribution >= 0.6 is 7.14 Å². The number of hydrogen-bond acceptors (Lipinski definition) is 1. The minimum Gasteiger partial charge on any atom is -0.309 e. The maximum absolute atomic E-state index is 15.9. The fraction of sp³-hybridized carbons (Fsp3) is 0.211. The van der Waals surface area contributed by atoms with Crippen LogP contribution in [-0.2, 0) is 17.4 Å². The maximum Gasteiger partial charge on any atom is 0.171 e. The second kappa shape index (κ2) is 11.4. The Bertz CT molecular complexity index is 1580. The highest BCUT2D eigenvalue weighted by molar-refractivity contribution is 7.85. The zero-order chi connectivity index (χ0) is 28.4. The van der Waals surface area contributed by atoms with Gasteiger partial charge in [-0.15, -0.1) is 0 Å². The van der Waals surface area contributed by atoms with Crippen LogP contribution in [0.15, 0.2) is 103 Å². The van der Waals surface area contributed by atoms with Crippen LogP contribution in [0.4, 0.5) is 0 Å². The van der Waals surface area contributed by atoms with Crippen LogP contribution < -0.4 is 15.9 Å². The molecule has 0 saturated heterocycles. The molecule has 0 aromatic heterocycles. The zero-order valence-corrected chi connectivity index (χ0v) is 25.5. The lowest BCUT2D eigenvalue weighted by Crippen LogP contribution is -2.29. The molecule has 0 radical (unpaired) electrons. The van der Waals surface area contributed by atoms with Crippen molar-refractivity contribution in [1.82, 2.24) is 0 Å². The number of aryl methyl sites for hydroxylation is 6. The molecule has 5 aromatic carbocycles. The lowest BCUT2D eigenvalue weighted by atomic mass is 9.94. The van der Waals surface area contributed by atoms with Crippen LogP contribution in [0.3, 0.4) is 0 Å². The second-order valence-corrected chi connectivity index (χ2v) is 14.0. The normalized spacial score (nSPS) is 11.6. The fourth-order valence-corrected chi connectivity index (χ4v) is 9.46. The van der Waals surface area contributed by atoms with Gasteiger partial charge in [-0.3, -0.25) is 0 Å². The average molecular weight is 543 g/mol. The lowest BCUT2D eigenvalue weighted by molar-refractivity contribution is 0.592. The Morgan fingerprint density at radius 1 is 0.475 bits per heavy atom. The standard InChI is InChI=1S/C38H39OP/c1-26-20-28(3)35(29(4)21-26)24-32-14-10-12-18-37(32)40(39,34-16-8-7-9-17-34)38-19-13-11-15-33(38)25-36-30(5)22-27(2)23-31(36)6/h7-23H,24-25H2,1-6H3. The topological polar surface area (TPSA) is 17.1 Å². The molecule has 0 atom stereocenters. The summed E-state index contributed by atoms with van der Waals surface area (Å²) in [6, 6.07) is 35.9. The van der Waals surface area contributed by atoms with Gasteiger partial charge in [-0.1, -0.05) is 114 Å². The van der Waals surface area contributed by atoms with Crippen LogP contribution in [0.1, 0.15) is 55.6 Å². The predicted molar refractivity (Wildman–Crippen MR) is 173 cm³/mol. The van der Waals surface area contributed by atoms with Crippen LogP contribution in [0.25, 0.3) is 0 Å². The first-order chi connectivity index (χ1) is 19.2. The fourth-order valence-electron chi connectivity index (χ4n) is 6.34. The molecule has 0 aliphatic rings. The third kappa shape index (κ3) is 5.36. The summed E-state index contributed by atoms with van der Waals surface area (Å²) in [6.07, 6.45) is 1.51. The molecule has 0 bridgehead atoms. The molecule has 0 heterocycles. The molecule has 0 fully saturated rings. The molecule has 0 aliphatic carbocycles. The van der Waals surface area contributed by atoms with Gasteiger partial charge in [-0.05, 0) is 98.9 Å². The van der Waals surface area contributed by atoms with E-state index in [0.29, 0.717) is 0 Å². The first kappa shape index (κ1) is 27.9. The molecule has 0 saturated carbocycles. The van der Waals surface area contributed by atoms with E-state index in [0.717, 1.165) is 39.9 Å². The molecule has 1 nitrogen and oxygen atoms in total. The summed E-state index contributed by atoms with van der Waals surface area (Å²) < 4.78 is 15.9. The maximum atomic E-state index is 15.9. The van der Waals surface area contributed by atoms with Crippen molar-refractivity contribution in [2.45, 2.75) is 54.4 Å². The highest BCUT2D eigenvalue weighted by Gasteiger charge is 2.34. The van der Waals surface area contributed by atoms with Gasteiger partial charge < -0.3 is 4.57 Å². The summed E-state index contributed by atoms with van der Waals surface area (Å²) >= 11 is 0. The molecular weight excluding hydrogens is 503 g/mol. The first-order valence-corrected chi connectivity index (χ1v) is 15.8. The highest BCUT2D eigenvalue weighted by atomic mass is 31.2. The van der Waals surface area contributed by atoms with E-state index in [1.54, 1.807) is 0 Å². The average Bonchev–Trinajstić information content (AvgIpc) is 2.93. The minimum absolute atomic E-state index is 0.753. The molecule has 0 aliphatic heterocycles. The first-order valence-electron chi connectivity index (χ1n) is 14.1. The highest BCUT2D eigenvalue weighted by Crippen LogP contribution is 2.45. The van der Waals surface area contributed by atoms with Gasteiger partial charge in [-0.25, -0.2) is 0 Å². The molecule has 0 amide bonds. The molecule has 0 unspecified atom stereocenters. The van der Waals surface area contributed by atoms with Crippen molar-refractivity contribution in [3.63, 3.8) is 0 Å². The van der Waals surface area contributed by atoms with Crippen molar-refractivity contribution in [2.24, 2.45) is 0 Å². The summed E-state index contributed by atoms with van der Waals surface area (Å²) in [5.74, 6) is 0. The van der Waals surface area contributed by atoms with Crippen LogP contribution in [0, 0.1) is 41.5 Å². The Morgan fingerprint density at radius 3 is 1.23 bits per heavy atom. The van der Waals surface area contributed by atoms with Crippen molar-refractivity contribution >= 4 is 23.1 Å². The molecular formula is C38H39OP. The Balaban J connectivity index is 1.72. The van der Waals surface area contributed by atoms with E-state index in [-0.39, 0.29) is 0 Å². The zero-order valence-electron chi connectivity index (χ0n) is 24.6. The van der Waals surface area contributed by atoms with Crippen molar-refractivity contribution in [2.75, 3.05) is 0 Å². The number of benzene rings is 5. The Morgan fingerprint density at radius 2 is 0.825 bits per heavy atom.